The molecule has 2 atom stereocenters. The van der Waals surface area contributed by atoms with E-state index in [1.807, 2.05) is 20.8 Å². The molecule has 0 amide bonds. The molecular formula is C10H23O6P3. The van der Waals surface area contributed by atoms with Crippen LogP contribution in [0.25, 0.3) is 0 Å². The van der Waals surface area contributed by atoms with E-state index in [1.54, 1.807) is 0 Å². The lowest BCUT2D eigenvalue weighted by molar-refractivity contribution is 0.276. The quantitative estimate of drug-likeness (QED) is 0.592. The van der Waals surface area contributed by atoms with Crippen molar-refractivity contribution in [3.63, 3.8) is 0 Å². The van der Waals surface area contributed by atoms with Gasteiger partial charge in [-0.3, -0.25) is 13.7 Å². The van der Waals surface area contributed by atoms with Gasteiger partial charge in [-0.05, 0) is 19.3 Å². The first-order chi connectivity index (χ1) is 8.80. The Balaban J connectivity index is 2.99. The topological polar surface area (TPSA) is 78.9 Å². The molecule has 0 bridgehead atoms. The lowest BCUT2D eigenvalue weighted by Crippen LogP contribution is -2.10. The Labute approximate surface area is 115 Å². The van der Waals surface area contributed by atoms with Crippen LogP contribution in [-0.2, 0) is 26.6 Å². The summed E-state index contributed by atoms with van der Waals surface area (Å²) in [7, 11) is -10.7. The smallest absolute Gasteiger partial charge is 0.259 e. The van der Waals surface area contributed by atoms with Crippen molar-refractivity contribution < 1.29 is 26.6 Å². The van der Waals surface area contributed by atoms with Gasteiger partial charge >= 0.3 is 22.8 Å². The zero-order valence-corrected chi connectivity index (χ0v) is 14.4. The fourth-order valence-corrected chi connectivity index (χ4v) is 11.2. The second-order valence-corrected chi connectivity index (χ2v) is 11.6. The number of unbranched alkanes of at least 4 members (excludes halogenated alkanes) is 1. The van der Waals surface area contributed by atoms with E-state index in [9.17, 15) is 13.7 Å². The molecule has 1 saturated heterocycles. The maximum atomic E-state index is 12.5. The van der Waals surface area contributed by atoms with E-state index in [2.05, 4.69) is 0 Å². The van der Waals surface area contributed by atoms with Gasteiger partial charge in [-0.2, -0.15) is 0 Å². The van der Waals surface area contributed by atoms with Crippen LogP contribution in [0.1, 0.15) is 46.5 Å². The van der Waals surface area contributed by atoms with Crippen LogP contribution in [0.15, 0.2) is 0 Å². The normalized spacial score (nSPS) is 39.3. The largest absolute Gasteiger partial charge is 0.345 e. The number of hydrogen-bond acceptors (Lipinski definition) is 6. The van der Waals surface area contributed by atoms with E-state index in [1.165, 1.54) is 0 Å². The summed E-state index contributed by atoms with van der Waals surface area (Å²) in [6.45, 7) is 5.55. The van der Waals surface area contributed by atoms with Crippen molar-refractivity contribution >= 4 is 22.8 Å². The maximum absolute atomic E-state index is 12.5. The van der Waals surface area contributed by atoms with Gasteiger partial charge < -0.3 is 0 Å². The Morgan fingerprint density at radius 2 is 1.00 bits per heavy atom. The summed E-state index contributed by atoms with van der Waals surface area (Å²) in [6, 6.07) is 0. The first-order valence-corrected chi connectivity index (χ1v) is 11.9. The molecule has 1 aliphatic heterocycles. The summed E-state index contributed by atoms with van der Waals surface area (Å²) < 4.78 is 52.8. The molecule has 0 saturated carbocycles. The lowest BCUT2D eigenvalue weighted by atomic mass is 10.4. The summed E-state index contributed by atoms with van der Waals surface area (Å²) >= 11 is 0. The molecule has 114 valence electrons. The highest BCUT2D eigenvalue weighted by molar-refractivity contribution is 7.80. The summed E-state index contributed by atoms with van der Waals surface area (Å²) in [5, 5.41) is 0. The van der Waals surface area contributed by atoms with Gasteiger partial charge in [0.1, 0.15) is 0 Å². The van der Waals surface area contributed by atoms with E-state index >= 15 is 0 Å². The van der Waals surface area contributed by atoms with Crippen molar-refractivity contribution in [1.82, 2.24) is 0 Å². The average Bonchev–Trinajstić information content (AvgIpc) is 2.24. The van der Waals surface area contributed by atoms with Crippen LogP contribution in [-0.4, -0.2) is 18.5 Å². The maximum Gasteiger partial charge on any atom is 0.345 e. The van der Waals surface area contributed by atoms with Crippen molar-refractivity contribution in [2.24, 2.45) is 0 Å². The Kier molecular flexibility index (Phi) is 6.51. The molecule has 0 aromatic rings. The predicted molar refractivity (Wildman–Crippen MR) is 76.2 cm³/mol. The van der Waals surface area contributed by atoms with E-state index in [-0.39, 0.29) is 18.5 Å². The van der Waals surface area contributed by atoms with Crippen LogP contribution in [0.2, 0.25) is 0 Å². The van der Waals surface area contributed by atoms with Crippen molar-refractivity contribution in [2.45, 2.75) is 46.5 Å². The van der Waals surface area contributed by atoms with Gasteiger partial charge in [-0.15, -0.1) is 0 Å². The third kappa shape index (κ3) is 5.12. The average molecular weight is 332 g/mol. The molecule has 0 radical (unpaired) electrons. The highest BCUT2D eigenvalue weighted by atomic mass is 31.3. The van der Waals surface area contributed by atoms with Crippen LogP contribution in [0.4, 0.5) is 0 Å². The second-order valence-electron chi connectivity index (χ2n) is 4.60. The van der Waals surface area contributed by atoms with Crippen molar-refractivity contribution in [2.75, 3.05) is 18.5 Å². The molecular weight excluding hydrogens is 309 g/mol. The lowest BCUT2D eigenvalue weighted by Gasteiger charge is -2.34. The van der Waals surface area contributed by atoms with Gasteiger partial charge in [-0.25, -0.2) is 12.9 Å². The van der Waals surface area contributed by atoms with Crippen molar-refractivity contribution in [3.8, 4) is 0 Å². The Hall–Kier alpha value is 0.570. The molecule has 1 aliphatic rings. The Morgan fingerprint density at radius 1 is 0.632 bits per heavy atom. The summed E-state index contributed by atoms with van der Waals surface area (Å²) in [5.74, 6) is 0. The van der Waals surface area contributed by atoms with E-state index < -0.39 is 22.8 Å². The minimum Gasteiger partial charge on any atom is -0.259 e. The summed E-state index contributed by atoms with van der Waals surface area (Å²) in [4.78, 5) is 0. The third-order valence-corrected chi connectivity index (χ3v) is 11.4. The molecule has 19 heavy (non-hydrogen) atoms. The van der Waals surface area contributed by atoms with Gasteiger partial charge in [0.25, 0.3) is 0 Å². The monoisotopic (exact) mass is 332 g/mol. The first-order valence-electron chi connectivity index (χ1n) is 6.71. The van der Waals surface area contributed by atoms with Crippen molar-refractivity contribution in [1.29, 1.82) is 0 Å². The minimum atomic E-state index is -3.58. The van der Waals surface area contributed by atoms with E-state index in [4.69, 9.17) is 12.9 Å². The van der Waals surface area contributed by atoms with Gasteiger partial charge in [-0.1, -0.05) is 27.2 Å². The van der Waals surface area contributed by atoms with Crippen LogP contribution in [0, 0.1) is 0 Å². The minimum absolute atomic E-state index is 0.111. The SMILES string of the molecule is CCCCP1(=O)OP(=O)(CCC)OP(=O)(CCC)O1. The van der Waals surface area contributed by atoms with Crippen LogP contribution in [0.5, 0.6) is 0 Å². The molecule has 2 unspecified atom stereocenters. The predicted octanol–water partition coefficient (Wildman–Crippen LogP) is 5.25. The second kappa shape index (κ2) is 7.02. The van der Waals surface area contributed by atoms with Crippen LogP contribution >= 0.6 is 22.8 Å². The zero-order valence-electron chi connectivity index (χ0n) is 11.7. The molecule has 0 spiro atoms. The first kappa shape index (κ1) is 17.6. The Bertz CT molecular complexity index is 403. The Morgan fingerprint density at radius 3 is 1.32 bits per heavy atom. The van der Waals surface area contributed by atoms with Gasteiger partial charge in [0.05, 0.1) is 18.5 Å². The molecule has 0 N–H and O–H groups in total. The fourth-order valence-electron chi connectivity index (χ4n) is 1.76. The van der Waals surface area contributed by atoms with Crippen molar-refractivity contribution in [3.05, 3.63) is 0 Å². The van der Waals surface area contributed by atoms with E-state index in [0.29, 0.717) is 19.3 Å². The van der Waals surface area contributed by atoms with E-state index in [0.717, 1.165) is 6.42 Å². The number of hydrogen-bond donors (Lipinski definition) is 0. The zero-order chi connectivity index (χ0) is 14.6. The molecule has 9 heteroatoms. The molecule has 0 aliphatic carbocycles. The van der Waals surface area contributed by atoms with Gasteiger partial charge in [0, 0.05) is 0 Å². The highest BCUT2D eigenvalue weighted by Gasteiger charge is 2.51. The molecule has 1 heterocycles. The summed E-state index contributed by atoms with van der Waals surface area (Å²) in [5.41, 5.74) is 0. The van der Waals surface area contributed by atoms with Crippen LogP contribution in [0.3, 0.4) is 0 Å². The number of rotatable bonds is 7. The van der Waals surface area contributed by atoms with Gasteiger partial charge in [0.2, 0.25) is 0 Å². The van der Waals surface area contributed by atoms with Gasteiger partial charge in [0.15, 0.2) is 0 Å². The summed E-state index contributed by atoms with van der Waals surface area (Å²) in [6.07, 6.45) is 2.84. The standard InChI is InChI=1S/C10H23O6P3/c1-4-7-10-19(13)15-17(11,8-5-2)14-18(12,16-19)9-6-3/h4-10H2,1-3H3. The molecule has 0 aromatic heterocycles. The molecule has 6 nitrogen and oxygen atoms in total. The third-order valence-electron chi connectivity index (χ3n) is 2.53. The molecule has 1 fully saturated rings. The fraction of sp³-hybridized carbons (Fsp3) is 1.00. The molecule has 1 rings (SSSR count). The highest BCUT2D eigenvalue weighted by Crippen LogP contribution is 2.82. The van der Waals surface area contributed by atoms with Crippen LogP contribution < -0.4 is 0 Å². The molecule has 0 aromatic carbocycles.